The van der Waals surface area contributed by atoms with Crippen molar-refractivity contribution in [3.05, 3.63) is 29.8 Å². The number of nitrogens with zero attached hydrogens (tertiary/aromatic N) is 2. The van der Waals surface area contributed by atoms with Gasteiger partial charge in [0, 0.05) is 32.4 Å². The maximum atomic E-state index is 12.2. The van der Waals surface area contributed by atoms with Gasteiger partial charge < -0.3 is 14.5 Å². The molecule has 0 radical (unpaired) electrons. The van der Waals surface area contributed by atoms with E-state index in [1.54, 1.807) is 7.11 Å². The van der Waals surface area contributed by atoms with E-state index >= 15 is 0 Å². The number of rotatable bonds is 3. The van der Waals surface area contributed by atoms with Crippen molar-refractivity contribution in [1.82, 2.24) is 4.90 Å². The molecule has 4 nitrogen and oxygen atoms in total. The Hall–Kier alpha value is -1.39. The first-order chi connectivity index (χ1) is 8.72. The molecule has 4 heteroatoms. The van der Waals surface area contributed by atoms with Crippen molar-refractivity contribution >= 4 is 11.6 Å². The SMILES string of the molecule is COCCC(=O)N1CCN(C)Cc2ccccc21. The van der Waals surface area contributed by atoms with Crippen LogP contribution >= 0.6 is 0 Å². The molecule has 1 aliphatic rings. The number of anilines is 1. The van der Waals surface area contributed by atoms with Crippen LogP contribution < -0.4 is 4.90 Å². The summed E-state index contributed by atoms with van der Waals surface area (Å²) in [7, 11) is 3.71. The highest BCUT2D eigenvalue weighted by Crippen LogP contribution is 2.24. The molecule has 1 amide bonds. The van der Waals surface area contributed by atoms with Gasteiger partial charge in [-0.15, -0.1) is 0 Å². The summed E-state index contributed by atoms with van der Waals surface area (Å²) in [6.45, 7) is 3.01. The molecule has 0 spiro atoms. The van der Waals surface area contributed by atoms with Gasteiger partial charge in [0.2, 0.25) is 5.91 Å². The van der Waals surface area contributed by atoms with Crippen molar-refractivity contribution in [3.63, 3.8) is 0 Å². The van der Waals surface area contributed by atoms with Crippen LogP contribution in [0.4, 0.5) is 5.69 Å². The second kappa shape index (κ2) is 5.98. The van der Waals surface area contributed by atoms with Gasteiger partial charge in [-0.1, -0.05) is 18.2 Å². The summed E-state index contributed by atoms with van der Waals surface area (Å²) in [6.07, 6.45) is 0.439. The molecule has 1 aliphatic heterocycles. The number of para-hydroxylation sites is 1. The molecule has 0 atom stereocenters. The molecule has 0 saturated carbocycles. The minimum atomic E-state index is 0.139. The van der Waals surface area contributed by atoms with Crippen LogP contribution in [0, 0.1) is 0 Å². The lowest BCUT2D eigenvalue weighted by molar-refractivity contribution is -0.119. The Morgan fingerprint density at radius 3 is 2.89 bits per heavy atom. The predicted octanol–water partition coefficient (Wildman–Crippen LogP) is 1.50. The molecular weight excluding hydrogens is 228 g/mol. The van der Waals surface area contributed by atoms with Gasteiger partial charge in [-0.2, -0.15) is 0 Å². The summed E-state index contributed by atoms with van der Waals surface area (Å²) in [6, 6.07) is 8.13. The Labute approximate surface area is 108 Å². The Morgan fingerprint density at radius 2 is 2.11 bits per heavy atom. The number of carbonyl (C=O) groups excluding carboxylic acids is 1. The van der Waals surface area contributed by atoms with Crippen molar-refractivity contribution in [2.75, 3.05) is 38.8 Å². The quantitative estimate of drug-likeness (QED) is 0.812. The van der Waals surface area contributed by atoms with Crippen LogP contribution in [-0.4, -0.2) is 44.7 Å². The van der Waals surface area contributed by atoms with E-state index in [4.69, 9.17) is 4.74 Å². The zero-order chi connectivity index (χ0) is 13.0. The lowest BCUT2D eigenvalue weighted by Gasteiger charge is -2.22. The first-order valence-corrected chi connectivity index (χ1v) is 6.28. The summed E-state index contributed by atoms with van der Waals surface area (Å²) in [5.74, 6) is 0.139. The van der Waals surface area contributed by atoms with E-state index in [1.165, 1.54) is 5.56 Å². The number of amides is 1. The minimum absolute atomic E-state index is 0.139. The van der Waals surface area contributed by atoms with E-state index in [0.29, 0.717) is 13.0 Å². The lowest BCUT2D eigenvalue weighted by Crippen LogP contribution is -2.35. The third kappa shape index (κ3) is 2.89. The smallest absolute Gasteiger partial charge is 0.229 e. The number of methoxy groups -OCH3 is 1. The molecule has 98 valence electrons. The molecule has 2 rings (SSSR count). The number of carbonyl (C=O) groups is 1. The molecule has 0 saturated heterocycles. The van der Waals surface area contributed by atoms with E-state index in [9.17, 15) is 4.79 Å². The summed E-state index contributed by atoms with van der Waals surface area (Å²) in [5, 5.41) is 0. The molecule has 0 aliphatic carbocycles. The van der Waals surface area contributed by atoms with Crippen LogP contribution in [0.1, 0.15) is 12.0 Å². The molecule has 1 aromatic carbocycles. The number of hydrogen-bond donors (Lipinski definition) is 0. The third-order valence-corrected chi connectivity index (χ3v) is 3.25. The minimum Gasteiger partial charge on any atom is -0.384 e. The summed E-state index contributed by atoms with van der Waals surface area (Å²) >= 11 is 0. The van der Waals surface area contributed by atoms with Gasteiger partial charge >= 0.3 is 0 Å². The fourth-order valence-electron chi connectivity index (χ4n) is 2.25. The summed E-state index contributed by atoms with van der Waals surface area (Å²) in [4.78, 5) is 16.3. The van der Waals surface area contributed by atoms with Crippen molar-refractivity contribution in [1.29, 1.82) is 0 Å². The van der Waals surface area contributed by atoms with Crippen molar-refractivity contribution in [3.8, 4) is 0 Å². The van der Waals surface area contributed by atoms with Crippen molar-refractivity contribution in [2.45, 2.75) is 13.0 Å². The van der Waals surface area contributed by atoms with E-state index in [1.807, 2.05) is 23.1 Å². The average molecular weight is 248 g/mol. The van der Waals surface area contributed by atoms with Gasteiger partial charge in [-0.25, -0.2) is 0 Å². The molecule has 1 aromatic rings. The molecule has 18 heavy (non-hydrogen) atoms. The van der Waals surface area contributed by atoms with Crippen molar-refractivity contribution in [2.24, 2.45) is 0 Å². The van der Waals surface area contributed by atoms with Gasteiger partial charge in [0.05, 0.1) is 13.0 Å². The maximum absolute atomic E-state index is 12.2. The fourth-order valence-corrected chi connectivity index (χ4v) is 2.25. The Morgan fingerprint density at radius 1 is 1.33 bits per heavy atom. The normalized spacial score (nSPS) is 16.2. The van der Waals surface area contributed by atoms with E-state index in [2.05, 4.69) is 18.0 Å². The van der Waals surface area contributed by atoms with E-state index < -0.39 is 0 Å². The van der Waals surface area contributed by atoms with Gasteiger partial charge in [-0.05, 0) is 18.7 Å². The Kier molecular flexibility index (Phi) is 4.33. The van der Waals surface area contributed by atoms with Crippen LogP contribution in [0.3, 0.4) is 0 Å². The molecule has 0 N–H and O–H groups in total. The van der Waals surface area contributed by atoms with Gasteiger partial charge in [0.25, 0.3) is 0 Å². The van der Waals surface area contributed by atoms with Crippen LogP contribution in [0.15, 0.2) is 24.3 Å². The van der Waals surface area contributed by atoms with Crippen LogP contribution in [0.5, 0.6) is 0 Å². The summed E-state index contributed by atoms with van der Waals surface area (Å²) in [5.41, 5.74) is 2.26. The Bertz CT molecular complexity index is 420. The predicted molar refractivity (Wildman–Crippen MR) is 71.6 cm³/mol. The third-order valence-electron chi connectivity index (χ3n) is 3.25. The molecular formula is C14H20N2O2. The maximum Gasteiger partial charge on any atom is 0.229 e. The topological polar surface area (TPSA) is 32.8 Å². The number of benzene rings is 1. The molecule has 0 aromatic heterocycles. The molecule has 0 unspecified atom stereocenters. The number of fused-ring (bicyclic) bond motifs is 1. The second-order valence-corrected chi connectivity index (χ2v) is 4.65. The first kappa shape index (κ1) is 13.1. The van der Waals surface area contributed by atoms with E-state index in [0.717, 1.165) is 25.3 Å². The average Bonchev–Trinajstić information content (AvgIpc) is 2.54. The highest BCUT2D eigenvalue weighted by atomic mass is 16.5. The van der Waals surface area contributed by atoms with E-state index in [-0.39, 0.29) is 5.91 Å². The van der Waals surface area contributed by atoms with Crippen LogP contribution in [0.2, 0.25) is 0 Å². The highest BCUT2D eigenvalue weighted by molar-refractivity contribution is 5.94. The Balaban J connectivity index is 2.23. The van der Waals surface area contributed by atoms with Gasteiger partial charge in [0.15, 0.2) is 0 Å². The monoisotopic (exact) mass is 248 g/mol. The molecule has 1 heterocycles. The second-order valence-electron chi connectivity index (χ2n) is 4.65. The van der Waals surface area contributed by atoms with Gasteiger partial charge in [-0.3, -0.25) is 4.79 Å². The highest BCUT2D eigenvalue weighted by Gasteiger charge is 2.22. The number of likely N-dealkylation sites (N-methyl/N-ethyl adjacent to an activating group) is 1. The number of ether oxygens (including phenoxy) is 1. The zero-order valence-electron chi connectivity index (χ0n) is 11.1. The van der Waals surface area contributed by atoms with Crippen molar-refractivity contribution < 1.29 is 9.53 Å². The molecule has 0 bridgehead atoms. The molecule has 0 fully saturated rings. The summed E-state index contributed by atoms with van der Waals surface area (Å²) < 4.78 is 4.99. The lowest BCUT2D eigenvalue weighted by atomic mass is 10.1. The standard InChI is InChI=1S/C14H20N2O2/c1-15-8-9-16(14(17)7-10-18-2)13-6-4-3-5-12(13)11-15/h3-6H,7-11H2,1-2H3. The largest absolute Gasteiger partial charge is 0.384 e. The fraction of sp³-hybridized carbons (Fsp3) is 0.500. The first-order valence-electron chi connectivity index (χ1n) is 6.28. The van der Waals surface area contributed by atoms with Crippen LogP contribution in [0.25, 0.3) is 0 Å². The number of hydrogen-bond acceptors (Lipinski definition) is 3. The van der Waals surface area contributed by atoms with Crippen LogP contribution in [-0.2, 0) is 16.1 Å². The van der Waals surface area contributed by atoms with Gasteiger partial charge in [0.1, 0.15) is 0 Å². The zero-order valence-corrected chi connectivity index (χ0v) is 11.1.